The zero-order valence-corrected chi connectivity index (χ0v) is 16.0. The molecule has 0 aliphatic heterocycles. The highest BCUT2D eigenvalue weighted by molar-refractivity contribution is 7.89. The highest BCUT2D eigenvalue weighted by Crippen LogP contribution is 2.25. The smallest absolute Gasteiger partial charge is 0.238 e. The van der Waals surface area contributed by atoms with E-state index in [2.05, 4.69) is 15.5 Å². The van der Waals surface area contributed by atoms with Crippen LogP contribution in [0.1, 0.15) is 18.1 Å². The monoisotopic (exact) mass is 386 g/mol. The van der Waals surface area contributed by atoms with Gasteiger partial charge in [0.1, 0.15) is 5.75 Å². The van der Waals surface area contributed by atoms with Crippen LogP contribution in [0.15, 0.2) is 53.6 Å². The van der Waals surface area contributed by atoms with Crippen molar-refractivity contribution in [1.29, 1.82) is 0 Å². The van der Waals surface area contributed by atoms with Crippen LogP contribution in [0.5, 0.6) is 5.75 Å². The molecule has 1 aromatic heterocycles. The molecule has 0 unspecified atom stereocenters. The molecule has 4 N–H and O–H groups in total. The number of rotatable bonds is 7. The number of primary sulfonamides is 1. The van der Waals surface area contributed by atoms with Gasteiger partial charge in [-0.05, 0) is 48.4 Å². The molecule has 3 rings (SSSR count). The van der Waals surface area contributed by atoms with Gasteiger partial charge in [-0.3, -0.25) is 5.10 Å². The lowest BCUT2D eigenvalue weighted by Crippen LogP contribution is -2.15. The lowest BCUT2D eigenvalue weighted by Gasteiger charge is -2.11. The average molecular weight is 386 g/mol. The van der Waals surface area contributed by atoms with Crippen molar-refractivity contribution in [2.24, 2.45) is 5.14 Å². The van der Waals surface area contributed by atoms with Gasteiger partial charge in [-0.15, -0.1) is 0 Å². The van der Waals surface area contributed by atoms with Crippen LogP contribution < -0.4 is 15.2 Å². The zero-order valence-electron chi connectivity index (χ0n) is 15.2. The Hall–Kier alpha value is -2.84. The number of aromatic nitrogens is 2. The fourth-order valence-corrected chi connectivity index (χ4v) is 3.74. The highest BCUT2D eigenvalue weighted by Gasteiger charge is 2.14. The fourth-order valence-electron chi connectivity index (χ4n) is 2.87. The van der Waals surface area contributed by atoms with Crippen molar-refractivity contribution in [3.05, 3.63) is 59.8 Å². The van der Waals surface area contributed by atoms with E-state index in [9.17, 15) is 8.42 Å². The molecule has 2 aromatic carbocycles. The summed E-state index contributed by atoms with van der Waals surface area (Å²) in [5.74, 6) is 0.782. The number of sulfonamides is 1. The SMILES string of the molecule is CCc1ccc(NCc2cn[nH]c2-c2ccc(OC)cc2)cc1S(N)(=O)=O. The maximum atomic E-state index is 11.8. The second-order valence-electron chi connectivity index (χ2n) is 6.07. The summed E-state index contributed by atoms with van der Waals surface area (Å²) in [5.41, 5.74) is 4.21. The van der Waals surface area contributed by atoms with Crippen LogP contribution in [-0.2, 0) is 23.0 Å². The zero-order chi connectivity index (χ0) is 19.4. The number of anilines is 1. The van der Waals surface area contributed by atoms with E-state index in [0.29, 0.717) is 24.2 Å². The third kappa shape index (κ3) is 4.29. The van der Waals surface area contributed by atoms with Gasteiger partial charge in [0.05, 0.1) is 23.9 Å². The minimum Gasteiger partial charge on any atom is -0.497 e. The molecule has 1 heterocycles. The molecule has 0 spiro atoms. The molecule has 0 radical (unpaired) electrons. The van der Waals surface area contributed by atoms with Gasteiger partial charge in [0.2, 0.25) is 10.0 Å². The fraction of sp³-hybridized carbons (Fsp3) is 0.211. The summed E-state index contributed by atoms with van der Waals surface area (Å²) in [4.78, 5) is 0.151. The molecule has 7 nitrogen and oxygen atoms in total. The minimum absolute atomic E-state index is 0.151. The number of methoxy groups -OCH3 is 1. The van der Waals surface area contributed by atoms with Crippen LogP contribution in [0, 0.1) is 0 Å². The summed E-state index contributed by atoms with van der Waals surface area (Å²) < 4.78 is 28.8. The van der Waals surface area contributed by atoms with Crippen molar-refractivity contribution in [1.82, 2.24) is 10.2 Å². The quantitative estimate of drug-likeness (QED) is 0.578. The van der Waals surface area contributed by atoms with E-state index in [1.54, 1.807) is 25.4 Å². The van der Waals surface area contributed by atoms with E-state index in [1.165, 1.54) is 0 Å². The van der Waals surface area contributed by atoms with Crippen LogP contribution in [0.3, 0.4) is 0 Å². The molecule has 0 aliphatic rings. The molecule has 3 aromatic rings. The lowest BCUT2D eigenvalue weighted by molar-refractivity contribution is 0.415. The van der Waals surface area contributed by atoms with Gasteiger partial charge in [0.15, 0.2) is 0 Å². The van der Waals surface area contributed by atoms with Crippen molar-refractivity contribution in [3.8, 4) is 17.0 Å². The van der Waals surface area contributed by atoms with Gasteiger partial charge in [-0.1, -0.05) is 13.0 Å². The summed E-state index contributed by atoms with van der Waals surface area (Å²) in [6, 6.07) is 12.9. The van der Waals surface area contributed by atoms with Crippen LogP contribution in [0.2, 0.25) is 0 Å². The van der Waals surface area contributed by atoms with Gasteiger partial charge in [0, 0.05) is 23.4 Å². The van der Waals surface area contributed by atoms with Crippen molar-refractivity contribution >= 4 is 15.7 Å². The number of nitrogens with zero attached hydrogens (tertiary/aromatic N) is 1. The van der Waals surface area contributed by atoms with Crippen molar-refractivity contribution in [2.45, 2.75) is 24.8 Å². The Kier molecular flexibility index (Phi) is 5.48. The second-order valence-corrected chi connectivity index (χ2v) is 7.60. The highest BCUT2D eigenvalue weighted by atomic mass is 32.2. The van der Waals surface area contributed by atoms with Crippen LogP contribution >= 0.6 is 0 Å². The molecular formula is C19H22N4O3S. The van der Waals surface area contributed by atoms with Gasteiger partial charge in [-0.25, -0.2) is 13.6 Å². The van der Waals surface area contributed by atoms with Crippen molar-refractivity contribution < 1.29 is 13.2 Å². The van der Waals surface area contributed by atoms with Crippen molar-refractivity contribution in [3.63, 3.8) is 0 Å². The van der Waals surface area contributed by atoms with Crippen LogP contribution in [0.4, 0.5) is 5.69 Å². The number of aryl methyl sites for hydroxylation is 1. The first-order chi connectivity index (χ1) is 12.9. The van der Waals surface area contributed by atoms with Gasteiger partial charge in [-0.2, -0.15) is 5.10 Å². The number of benzene rings is 2. The first kappa shape index (κ1) is 18.9. The van der Waals surface area contributed by atoms with Gasteiger partial charge in [0.25, 0.3) is 0 Å². The summed E-state index contributed by atoms with van der Waals surface area (Å²) in [7, 11) is -2.14. The normalized spacial score (nSPS) is 11.4. The number of hydrogen-bond donors (Lipinski definition) is 3. The Morgan fingerprint density at radius 1 is 1.15 bits per heavy atom. The van der Waals surface area contributed by atoms with E-state index in [-0.39, 0.29) is 4.90 Å². The molecule has 0 bridgehead atoms. The first-order valence-electron chi connectivity index (χ1n) is 8.48. The summed E-state index contributed by atoms with van der Waals surface area (Å²) in [6.45, 7) is 2.37. The molecule has 0 saturated heterocycles. The molecular weight excluding hydrogens is 364 g/mol. The Morgan fingerprint density at radius 3 is 2.52 bits per heavy atom. The molecule has 27 heavy (non-hydrogen) atoms. The number of hydrogen-bond acceptors (Lipinski definition) is 5. The third-order valence-corrected chi connectivity index (χ3v) is 5.33. The number of aromatic amines is 1. The summed E-state index contributed by atoms with van der Waals surface area (Å²) in [6.07, 6.45) is 2.34. The average Bonchev–Trinajstić information content (AvgIpc) is 3.14. The minimum atomic E-state index is -3.77. The lowest BCUT2D eigenvalue weighted by atomic mass is 10.1. The second kappa shape index (κ2) is 7.81. The molecule has 142 valence electrons. The molecule has 0 saturated carbocycles. The number of H-pyrrole nitrogens is 1. The van der Waals surface area contributed by atoms with E-state index >= 15 is 0 Å². The standard InChI is InChI=1S/C19H22N4O3S/c1-3-13-4-7-16(10-18(13)27(20,24)25)21-11-15-12-22-23-19(15)14-5-8-17(26-2)9-6-14/h4-10,12,21H,3,11H2,1-2H3,(H,22,23)(H2,20,24,25). The third-order valence-electron chi connectivity index (χ3n) is 4.33. The van der Waals surface area contributed by atoms with E-state index in [1.807, 2.05) is 37.3 Å². The van der Waals surface area contributed by atoms with Crippen LogP contribution in [-0.4, -0.2) is 25.7 Å². The Labute approximate surface area is 158 Å². The predicted octanol–water partition coefficient (Wildman–Crippen LogP) is 2.91. The maximum absolute atomic E-state index is 11.8. The largest absolute Gasteiger partial charge is 0.497 e. The summed E-state index contributed by atoms with van der Waals surface area (Å²) in [5, 5.41) is 15.7. The molecule has 0 atom stereocenters. The van der Waals surface area contributed by atoms with Gasteiger partial charge >= 0.3 is 0 Å². The number of ether oxygens (including phenoxy) is 1. The maximum Gasteiger partial charge on any atom is 0.238 e. The van der Waals surface area contributed by atoms with E-state index in [0.717, 1.165) is 22.6 Å². The van der Waals surface area contributed by atoms with E-state index < -0.39 is 10.0 Å². The Balaban J connectivity index is 1.81. The van der Waals surface area contributed by atoms with Crippen molar-refractivity contribution in [2.75, 3.05) is 12.4 Å². The Bertz CT molecular complexity index is 1030. The topological polar surface area (TPSA) is 110 Å². The van der Waals surface area contributed by atoms with E-state index in [4.69, 9.17) is 9.88 Å². The summed E-state index contributed by atoms with van der Waals surface area (Å²) >= 11 is 0. The molecule has 8 heteroatoms. The van der Waals surface area contributed by atoms with Gasteiger partial charge < -0.3 is 10.1 Å². The Morgan fingerprint density at radius 2 is 1.89 bits per heavy atom. The van der Waals surface area contributed by atoms with Crippen LogP contribution in [0.25, 0.3) is 11.3 Å². The molecule has 0 amide bonds. The molecule has 0 fully saturated rings. The number of nitrogens with two attached hydrogens (primary N) is 1. The molecule has 0 aliphatic carbocycles. The predicted molar refractivity (Wildman–Crippen MR) is 105 cm³/mol. The number of nitrogens with one attached hydrogen (secondary N) is 2. The first-order valence-corrected chi connectivity index (χ1v) is 10.0.